The molecule has 4 nitrogen and oxygen atoms in total. The Kier molecular flexibility index (Phi) is 3.11. The lowest BCUT2D eigenvalue weighted by Gasteiger charge is -2.41. The van der Waals surface area contributed by atoms with Crippen LogP contribution in [0.15, 0.2) is 30.3 Å². The molecule has 0 aromatic heterocycles. The Hall–Kier alpha value is -0.940. The van der Waals surface area contributed by atoms with Crippen LogP contribution in [0.1, 0.15) is 11.9 Å². The molecule has 0 amide bonds. The smallest absolute Gasteiger partial charge is 0.183 e. The molecular weight excluding hydrogens is 220 g/mol. The van der Waals surface area contributed by atoms with E-state index in [1.54, 1.807) is 0 Å². The molecule has 4 heteroatoms. The predicted molar refractivity (Wildman–Crippen MR) is 60.3 cm³/mol. The lowest BCUT2D eigenvalue weighted by atomic mass is 9.91. The molecule has 0 aliphatic carbocycles. The Bertz CT molecular complexity index is 349. The minimum Gasteiger partial charge on any atom is -0.355 e. The highest BCUT2D eigenvalue weighted by molar-refractivity contribution is 5.16. The van der Waals surface area contributed by atoms with Gasteiger partial charge in [-0.3, -0.25) is 0 Å². The quantitative estimate of drug-likeness (QED) is 0.744. The first-order chi connectivity index (χ1) is 8.38. The summed E-state index contributed by atoms with van der Waals surface area (Å²) in [5, 5.41) is 0. The average Bonchev–Trinajstić information content (AvgIpc) is 2.42. The second-order valence-corrected chi connectivity index (χ2v) is 4.68. The summed E-state index contributed by atoms with van der Waals surface area (Å²) < 4.78 is 22.2. The van der Waals surface area contributed by atoms with Gasteiger partial charge in [0.2, 0.25) is 0 Å². The van der Waals surface area contributed by atoms with Gasteiger partial charge in [-0.1, -0.05) is 30.3 Å². The van der Waals surface area contributed by atoms with Gasteiger partial charge in [0.25, 0.3) is 0 Å². The van der Waals surface area contributed by atoms with Crippen LogP contribution < -0.4 is 0 Å². The molecule has 92 valence electrons. The topological polar surface area (TPSA) is 36.9 Å². The first kappa shape index (κ1) is 11.2. The van der Waals surface area contributed by atoms with Crippen LogP contribution in [-0.2, 0) is 18.9 Å². The van der Waals surface area contributed by atoms with Crippen molar-refractivity contribution in [2.75, 3.05) is 33.2 Å². The molecule has 2 fully saturated rings. The van der Waals surface area contributed by atoms with Crippen LogP contribution in [0, 0.1) is 5.41 Å². The van der Waals surface area contributed by atoms with Gasteiger partial charge in [0.1, 0.15) is 6.79 Å². The predicted octanol–water partition coefficient (Wildman–Crippen LogP) is 1.72. The molecular formula is C13H16O4. The number of benzene rings is 1. The van der Waals surface area contributed by atoms with Crippen molar-refractivity contribution >= 4 is 0 Å². The highest BCUT2D eigenvalue weighted by Gasteiger charge is 2.40. The summed E-state index contributed by atoms with van der Waals surface area (Å²) in [5.41, 5.74) is 0.934. The van der Waals surface area contributed by atoms with Gasteiger partial charge >= 0.3 is 0 Å². The van der Waals surface area contributed by atoms with Crippen molar-refractivity contribution in [1.29, 1.82) is 0 Å². The van der Waals surface area contributed by atoms with E-state index in [4.69, 9.17) is 18.9 Å². The maximum atomic E-state index is 5.78. The number of rotatable bonds is 1. The van der Waals surface area contributed by atoms with E-state index in [1.807, 2.05) is 30.3 Å². The van der Waals surface area contributed by atoms with Crippen molar-refractivity contribution in [3.63, 3.8) is 0 Å². The molecule has 1 aromatic carbocycles. The summed E-state index contributed by atoms with van der Waals surface area (Å²) in [4.78, 5) is 0. The van der Waals surface area contributed by atoms with E-state index >= 15 is 0 Å². The zero-order valence-corrected chi connectivity index (χ0v) is 9.63. The fourth-order valence-electron chi connectivity index (χ4n) is 2.18. The zero-order chi connectivity index (χ0) is 11.6. The Morgan fingerprint density at radius 1 is 0.882 bits per heavy atom. The summed E-state index contributed by atoms with van der Waals surface area (Å²) in [6.07, 6.45) is -0.260. The first-order valence-corrected chi connectivity index (χ1v) is 5.82. The van der Waals surface area contributed by atoms with Gasteiger partial charge in [-0.05, 0) is 0 Å². The molecule has 0 saturated carbocycles. The molecule has 0 atom stereocenters. The monoisotopic (exact) mass is 236 g/mol. The Morgan fingerprint density at radius 2 is 1.53 bits per heavy atom. The van der Waals surface area contributed by atoms with Crippen LogP contribution in [-0.4, -0.2) is 33.2 Å². The van der Waals surface area contributed by atoms with Crippen molar-refractivity contribution in [3.05, 3.63) is 35.9 Å². The Labute approximate surface area is 100 Å². The standard InChI is InChI=1S/C13H16O4/c1-2-4-11(5-3-1)12-16-8-13(9-17-12)6-14-10-15-7-13/h1-5,12H,6-10H2. The third-order valence-electron chi connectivity index (χ3n) is 3.14. The summed E-state index contributed by atoms with van der Waals surface area (Å²) in [6.45, 7) is 2.91. The molecule has 0 unspecified atom stereocenters. The number of hydrogen-bond acceptors (Lipinski definition) is 4. The fraction of sp³-hybridized carbons (Fsp3) is 0.538. The largest absolute Gasteiger partial charge is 0.355 e. The van der Waals surface area contributed by atoms with E-state index in [0.717, 1.165) is 5.56 Å². The lowest BCUT2D eigenvalue weighted by Crippen LogP contribution is -2.48. The van der Waals surface area contributed by atoms with Gasteiger partial charge in [-0.25, -0.2) is 0 Å². The Morgan fingerprint density at radius 3 is 2.18 bits per heavy atom. The molecule has 1 spiro atoms. The van der Waals surface area contributed by atoms with Gasteiger partial charge in [-0.15, -0.1) is 0 Å². The molecule has 0 bridgehead atoms. The molecule has 2 aliphatic heterocycles. The van der Waals surface area contributed by atoms with Gasteiger partial charge in [0.15, 0.2) is 6.29 Å². The normalized spacial score (nSPS) is 24.9. The third-order valence-corrected chi connectivity index (χ3v) is 3.14. The number of ether oxygens (including phenoxy) is 4. The summed E-state index contributed by atoms with van der Waals surface area (Å²) in [5.74, 6) is 0. The van der Waals surface area contributed by atoms with Crippen LogP contribution in [0.2, 0.25) is 0 Å². The maximum Gasteiger partial charge on any atom is 0.183 e. The van der Waals surface area contributed by atoms with Crippen LogP contribution in [0.5, 0.6) is 0 Å². The van der Waals surface area contributed by atoms with E-state index in [9.17, 15) is 0 Å². The Balaban J connectivity index is 1.64. The van der Waals surface area contributed by atoms with Crippen LogP contribution >= 0.6 is 0 Å². The van der Waals surface area contributed by atoms with Crippen molar-refractivity contribution in [2.45, 2.75) is 6.29 Å². The SMILES string of the molecule is c1ccc(C2OCC3(COCOC3)CO2)cc1. The molecule has 3 rings (SSSR count). The highest BCUT2D eigenvalue weighted by Crippen LogP contribution is 2.33. The van der Waals surface area contributed by atoms with Crippen molar-refractivity contribution < 1.29 is 18.9 Å². The van der Waals surface area contributed by atoms with E-state index < -0.39 is 0 Å². The van der Waals surface area contributed by atoms with Gasteiger partial charge < -0.3 is 18.9 Å². The third kappa shape index (κ3) is 2.35. The van der Waals surface area contributed by atoms with Crippen LogP contribution in [0.3, 0.4) is 0 Å². The van der Waals surface area contributed by atoms with Crippen LogP contribution in [0.4, 0.5) is 0 Å². The van der Waals surface area contributed by atoms with Crippen molar-refractivity contribution in [2.24, 2.45) is 5.41 Å². The molecule has 0 N–H and O–H groups in total. The molecule has 2 heterocycles. The number of hydrogen-bond donors (Lipinski definition) is 0. The molecule has 17 heavy (non-hydrogen) atoms. The van der Waals surface area contributed by atoms with E-state index in [1.165, 1.54) is 0 Å². The summed E-state index contributed by atoms with van der Waals surface area (Å²) >= 11 is 0. The van der Waals surface area contributed by atoms with Crippen molar-refractivity contribution in [3.8, 4) is 0 Å². The van der Waals surface area contributed by atoms with Gasteiger partial charge in [-0.2, -0.15) is 0 Å². The van der Waals surface area contributed by atoms with Gasteiger partial charge in [0, 0.05) is 5.56 Å². The molecule has 1 aromatic rings. The van der Waals surface area contributed by atoms with E-state index in [2.05, 4.69) is 0 Å². The van der Waals surface area contributed by atoms with Crippen molar-refractivity contribution in [1.82, 2.24) is 0 Å². The maximum absolute atomic E-state index is 5.78. The first-order valence-electron chi connectivity index (χ1n) is 5.82. The minimum atomic E-state index is -0.260. The van der Waals surface area contributed by atoms with E-state index in [-0.39, 0.29) is 11.7 Å². The lowest BCUT2D eigenvalue weighted by molar-refractivity contribution is -0.282. The molecule has 0 radical (unpaired) electrons. The second-order valence-electron chi connectivity index (χ2n) is 4.68. The fourth-order valence-corrected chi connectivity index (χ4v) is 2.18. The van der Waals surface area contributed by atoms with E-state index in [0.29, 0.717) is 33.2 Å². The average molecular weight is 236 g/mol. The van der Waals surface area contributed by atoms with Gasteiger partial charge in [0.05, 0.1) is 31.8 Å². The molecule has 2 aliphatic rings. The summed E-state index contributed by atoms with van der Waals surface area (Å²) in [7, 11) is 0. The highest BCUT2D eigenvalue weighted by atomic mass is 16.7. The van der Waals surface area contributed by atoms with Crippen LogP contribution in [0.25, 0.3) is 0 Å². The summed E-state index contributed by atoms with van der Waals surface area (Å²) in [6, 6.07) is 9.97. The molecule has 2 saturated heterocycles. The second kappa shape index (κ2) is 4.74. The zero-order valence-electron chi connectivity index (χ0n) is 9.63. The minimum absolute atomic E-state index is 0.121.